The van der Waals surface area contributed by atoms with Crippen LogP contribution < -0.4 is 5.32 Å². The van der Waals surface area contributed by atoms with Crippen LogP contribution in [0.3, 0.4) is 0 Å². The van der Waals surface area contributed by atoms with Crippen molar-refractivity contribution >= 4 is 0 Å². The maximum atomic E-state index is 3.62. The van der Waals surface area contributed by atoms with Gasteiger partial charge < -0.3 is 5.32 Å². The molecule has 0 bridgehead atoms. The molecule has 1 heteroatoms. The molecule has 0 heterocycles. The molecule has 1 atom stereocenters. The molecule has 0 saturated carbocycles. The van der Waals surface area contributed by atoms with Crippen LogP contribution in [0.1, 0.15) is 55.0 Å². The largest absolute Gasteiger partial charge is 0.310 e. The third-order valence-corrected chi connectivity index (χ3v) is 3.98. The van der Waals surface area contributed by atoms with E-state index in [4.69, 9.17) is 0 Å². The Hall–Kier alpha value is -1.60. The molecule has 1 unspecified atom stereocenters. The highest BCUT2D eigenvalue weighted by Gasteiger charge is 2.11. The molecular weight excluding hydrogens is 254 g/mol. The summed E-state index contributed by atoms with van der Waals surface area (Å²) >= 11 is 0. The van der Waals surface area contributed by atoms with Crippen LogP contribution in [0.25, 0.3) is 0 Å². The van der Waals surface area contributed by atoms with E-state index in [1.54, 1.807) is 0 Å². The van der Waals surface area contributed by atoms with Gasteiger partial charge in [0.2, 0.25) is 0 Å². The molecule has 0 aliphatic heterocycles. The topological polar surface area (TPSA) is 12.0 Å². The number of nitrogens with one attached hydrogen (secondary N) is 1. The molecule has 2 rings (SSSR count). The van der Waals surface area contributed by atoms with Gasteiger partial charge in [-0.15, -0.1) is 0 Å². The van der Waals surface area contributed by atoms with Crippen LogP contribution in [-0.2, 0) is 6.42 Å². The normalized spacial score (nSPS) is 12.6. The molecule has 0 fully saturated rings. The van der Waals surface area contributed by atoms with Gasteiger partial charge in [0.05, 0.1) is 0 Å². The molecule has 0 radical (unpaired) electrons. The first kappa shape index (κ1) is 15.8. The van der Waals surface area contributed by atoms with Crippen molar-refractivity contribution < 1.29 is 0 Å². The molecule has 0 aliphatic rings. The molecule has 1 nitrogen and oxygen atoms in total. The summed E-state index contributed by atoms with van der Waals surface area (Å²) in [4.78, 5) is 0. The summed E-state index contributed by atoms with van der Waals surface area (Å²) in [6.07, 6.45) is 1.04. The van der Waals surface area contributed by atoms with E-state index in [0.29, 0.717) is 12.0 Å². The predicted octanol–water partition coefficient (Wildman–Crippen LogP) is 5.01. The van der Waals surface area contributed by atoms with E-state index in [-0.39, 0.29) is 0 Å². The molecule has 0 aliphatic carbocycles. The smallest absolute Gasteiger partial charge is 0.0360 e. The Morgan fingerprint density at radius 3 is 2.19 bits per heavy atom. The van der Waals surface area contributed by atoms with Crippen LogP contribution in [0.5, 0.6) is 0 Å². The lowest BCUT2D eigenvalue weighted by Gasteiger charge is -2.19. The lowest BCUT2D eigenvalue weighted by molar-refractivity contribution is 0.549. The van der Waals surface area contributed by atoms with Crippen molar-refractivity contribution in [1.82, 2.24) is 5.32 Å². The minimum Gasteiger partial charge on any atom is -0.310 e. The Labute approximate surface area is 129 Å². The number of hydrogen-bond donors (Lipinski definition) is 1. The Kier molecular flexibility index (Phi) is 5.58. The van der Waals surface area contributed by atoms with Crippen LogP contribution in [0.4, 0.5) is 0 Å². The fourth-order valence-corrected chi connectivity index (χ4v) is 2.74. The van der Waals surface area contributed by atoms with Crippen molar-refractivity contribution in [3.05, 3.63) is 70.8 Å². The number of rotatable bonds is 6. The van der Waals surface area contributed by atoms with Crippen LogP contribution in [0.15, 0.2) is 48.5 Å². The molecule has 2 aromatic carbocycles. The molecule has 0 spiro atoms. The average Bonchev–Trinajstić information content (AvgIpc) is 2.47. The van der Waals surface area contributed by atoms with E-state index in [0.717, 1.165) is 13.0 Å². The van der Waals surface area contributed by atoms with Crippen LogP contribution in [-0.4, -0.2) is 6.54 Å². The number of benzene rings is 2. The minimum absolute atomic E-state index is 0.387. The Balaban J connectivity index is 2.18. The Morgan fingerprint density at radius 2 is 1.62 bits per heavy atom. The predicted molar refractivity (Wildman–Crippen MR) is 91.8 cm³/mol. The second kappa shape index (κ2) is 7.42. The Bertz CT molecular complexity index is 554. The van der Waals surface area contributed by atoms with E-state index >= 15 is 0 Å². The number of aryl methyl sites for hydroxylation is 1. The van der Waals surface area contributed by atoms with Gasteiger partial charge in [0.1, 0.15) is 0 Å². The highest BCUT2D eigenvalue weighted by atomic mass is 14.9. The van der Waals surface area contributed by atoms with E-state index in [9.17, 15) is 0 Å². The van der Waals surface area contributed by atoms with Gasteiger partial charge in [0, 0.05) is 6.04 Å². The first-order valence-electron chi connectivity index (χ1n) is 7.99. The number of likely N-dealkylation sites (N-methyl/N-ethyl adjacent to an activating group) is 1. The summed E-state index contributed by atoms with van der Waals surface area (Å²) in [6.45, 7) is 9.80. The monoisotopic (exact) mass is 281 g/mol. The molecule has 21 heavy (non-hydrogen) atoms. The fraction of sp³-hybridized carbons (Fsp3) is 0.400. The lowest BCUT2D eigenvalue weighted by Crippen LogP contribution is -2.23. The van der Waals surface area contributed by atoms with Gasteiger partial charge in [-0.3, -0.25) is 0 Å². The van der Waals surface area contributed by atoms with Crippen molar-refractivity contribution in [2.24, 2.45) is 0 Å². The van der Waals surface area contributed by atoms with E-state index in [2.05, 4.69) is 81.5 Å². The van der Waals surface area contributed by atoms with Gasteiger partial charge in [0.15, 0.2) is 0 Å². The third-order valence-electron chi connectivity index (χ3n) is 3.98. The maximum Gasteiger partial charge on any atom is 0.0360 e. The first-order valence-corrected chi connectivity index (χ1v) is 7.99. The second-order valence-electron chi connectivity index (χ2n) is 6.12. The molecule has 0 aromatic heterocycles. The van der Waals surface area contributed by atoms with Crippen molar-refractivity contribution in [3.63, 3.8) is 0 Å². The van der Waals surface area contributed by atoms with Crippen LogP contribution in [0, 0.1) is 6.92 Å². The van der Waals surface area contributed by atoms with Gasteiger partial charge >= 0.3 is 0 Å². The van der Waals surface area contributed by atoms with E-state index in [1.807, 2.05) is 0 Å². The summed E-state index contributed by atoms with van der Waals surface area (Å²) in [6, 6.07) is 18.3. The molecule has 1 N–H and O–H groups in total. The standard InChI is InChI=1S/C20H27N/c1-5-21-20(14-17-8-6-7-16(4)13-17)19-11-9-18(10-12-19)15(2)3/h6-13,15,20-21H,5,14H2,1-4H3. The summed E-state index contributed by atoms with van der Waals surface area (Å²) in [5.41, 5.74) is 5.51. The van der Waals surface area contributed by atoms with Gasteiger partial charge in [-0.25, -0.2) is 0 Å². The van der Waals surface area contributed by atoms with Crippen molar-refractivity contribution in [2.75, 3.05) is 6.54 Å². The SMILES string of the molecule is CCNC(Cc1cccc(C)c1)c1ccc(C(C)C)cc1. The molecule has 0 amide bonds. The van der Waals surface area contributed by atoms with Crippen molar-refractivity contribution in [3.8, 4) is 0 Å². The van der Waals surface area contributed by atoms with Crippen LogP contribution >= 0.6 is 0 Å². The lowest BCUT2D eigenvalue weighted by atomic mass is 9.95. The zero-order chi connectivity index (χ0) is 15.2. The summed E-state index contributed by atoms with van der Waals surface area (Å²) in [5, 5.41) is 3.62. The van der Waals surface area contributed by atoms with Crippen molar-refractivity contribution in [2.45, 2.75) is 46.1 Å². The Morgan fingerprint density at radius 1 is 0.952 bits per heavy atom. The second-order valence-corrected chi connectivity index (χ2v) is 6.12. The van der Waals surface area contributed by atoms with Crippen molar-refractivity contribution in [1.29, 1.82) is 0 Å². The van der Waals surface area contributed by atoms with Crippen LogP contribution in [0.2, 0.25) is 0 Å². The molecule has 112 valence electrons. The minimum atomic E-state index is 0.387. The molecule has 0 saturated heterocycles. The highest BCUT2D eigenvalue weighted by Crippen LogP contribution is 2.22. The van der Waals surface area contributed by atoms with E-state index < -0.39 is 0 Å². The third kappa shape index (κ3) is 4.44. The summed E-state index contributed by atoms with van der Waals surface area (Å²) in [5.74, 6) is 0.591. The molecule has 2 aromatic rings. The summed E-state index contributed by atoms with van der Waals surface area (Å²) < 4.78 is 0. The fourth-order valence-electron chi connectivity index (χ4n) is 2.74. The van der Waals surface area contributed by atoms with Gasteiger partial charge in [0.25, 0.3) is 0 Å². The first-order chi connectivity index (χ1) is 10.1. The maximum absolute atomic E-state index is 3.62. The van der Waals surface area contributed by atoms with E-state index in [1.165, 1.54) is 22.3 Å². The molecular formula is C20H27N. The zero-order valence-electron chi connectivity index (χ0n) is 13.7. The summed E-state index contributed by atoms with van der Waals surface area (Å²) in [7, 11) is 0. The number of hydrogen-bond acceptors (Lipinski definition) is 1. The zero-order valence-corrected chi connectivity index (χ0v) is 13.7. The average molecular weight is 281 g/mol. The van der Waals surface area contributed by atoms with Gasteiger partial charge in [-0.05, 0) is 42.5 Å². The highest BCUT2D eigenvalue weighted by molar-refractivity contribution is 5.30. The van der Waals surface area contributed by atoms with Gasteiger partial charge in [-0.1, -0.05) is 74.9 Å². The quantitative estimate of drug-likeness (QED) is 0.784. The van der Waals surface area contributed by atoms with Gasteiger partial charge in [-0.2, -0.15) is 0 Å².